The summed E-state index contributed by atoms with van der Waals surface area (Å²) in [5.41, 5.74) is 0. The first-order valence-corrected chi connectivity index (χ1v) is 9.06. The summed E-state index contributed by atoms with van der Waals surface area (Å²) in [5, 5.41) is 2.83. The molecule has 116 valence electrons. The average molecular weight is 440 g/mol. The third-order valence-corrected chi connectivity index (χ3v) is 6.34. The van der Waals surface area contributed by atoms with Gasteiger partial charge in [-0.1, -0.05) is 6.92 Å². The fourth-order valence-corrected chi connectivity index (χ4v) is 4.02. The van der Waals surface area contributed by atoms with E-state index >= 15 is 0 Å². The summed E-state index contributed by atoms with van der Waals surface area (Å²) in [7, 11) is 0. The molecule has 1 aliphatic rings. The van der Waals surface area contributed by atoms with Gasteiger partial charge in [-0.2, -0.15) is 0 Å². The number of nitrogens with zero attached hydrogens (tertiary/aromatic N) is 1. The highest BCUT2D eigenvalue weighted by Crippen LogP contribution is 2.33. The van der Waals surface area contributed by atoms with Crippen LogP contribution in [0.4, 0.5) is 0 Å². The Kier molecular flexibility index (Phi) is 6.21. The highest BCUT2D eigenvalue weighted by Gasteiger charge is 2.33. The van der Waals surface area contributed by atoms with Gasteiger partial charge in [-0.15, -0.1) is 11.3 Å². The lowest BCUT2D eigenvalue weighted by Crippen LogP contribution is -2.55. The normalized spacial score (nSPS) is 18.6. The van der Waals surface area contributed by atoms with Crippen LogP contribution in [-0.4, -0.2) is 49.1 Å². The first-order valence-electron chi connectivity index (χ1n) is 6.65. The van der Waals surface area contributed by atoms with E-state index in [2.05, 4.69) is 37.2 Å². The summed E-state index contributed by atoms with van der Waals surface area (Å²) in [6, 6.07) is 1.21. The minimum atomic E-state index is -0.558. The van der Waals surface area contributed by atoms with Gasteiger partial charge >= 0.3 is 0 Å². The Bertz CT molecular complexity index is 516. The first-order chi connectivity index (χ1) is 10.0. The second kappa shape index (κ2) is 7.71. The lowest BCUT2D eigenvalue weighted by atomic mass is 10.2. The molecule has 2 heterocycles. The van der Waals surface area contributed by atoms with Gasteiger partial charge in [0.2, 0.25) is 5.91 Å². The molecule has 0 spiro atoms. The fraction of sp³-hybridized carbons (Fsp3) is 0.538. The highest BCUT2D eigenvalue weighted by atomic mass is 79.9. The molecule has 1 aromatic heterocycles. The van der Waals surface area contributed by atoms with Gasteiger partial charge < -0.3 is 15.0 Å². The van der Waals surface area contributed by atoms with Crippen molar-refractivity contribution in [2.75, 3.05) is 26.3 Å². The Hall–Kier alpha value is -0.440. The summed E-state index contributed by atoms with van der Waals surface area (Å²) in [6.45, 7) is 3.72. The number of hydrogen-bond donors (Lipinski definition) is 1. The van der Waals surface area contributed by atoms with Crippen molar-refractivity contribution in [3.63, 3.8) is 0 Å². The van der Waals surface area contributed by atoms with E-state index in [-0.39, 0.29) is 18.4 Å². The van der Waals surface area contributed by atoms with Crippen LogP contribution in [0.2, 0.25) is 0 Å². The third kappa shape index (κ3) is 4.06. The lowest BCUT2D eigenvalue weighted by molar-refractivity contribution is -0.130. The zero-order valence-electron chi connectivity index (χ0n) is 11.5. The number of rotatable bonds is 4. The Balaban J connectivity index is 2.14. The summed E-state index contributed by atoms with van der Waals surface area (Å²) in [4.78, 5) is 27.0. The van der Waals surface area contributed by atoms with Gasteiger partial charge in [0.05, 0.1) is 21.9 Å². The van der Waals surface area contributed by atoms with Gasteiger partial charge in [-0.05, 0) is 44.3 Å². The Morgan fingerprint density at radius 3 is 2.90 bits per heavy atom. The van der Waals surface area contributed by atoms with Crippen LogP contribution < -0.4 is 5.32 Å². The predicted octanol–water partition coefficient (Wildman–Crippen LogP) is 2.64. The summed E-state index contributed by atoms with van der Waals surface area (Å²) in [5.74, 6) is -0.286. The molecule has 1 atom stereocenters. The number of hydrogen-bond acceptors (Lipinski definition) is 4. The van der Waals surface area contributed by atoms with E-state index in [1.807, 2.05) is 6.92 Å². The van der Waals surface area contributed by atoms with Crippen molar-refractivity contribution in [1.82, 2.24) is 10.2 Å². The van der Waals surface area contributed by atoms with E-state index in [0.29, 0.717) is 24.6 Å². The minimum Gasteiger partial charge on any atom is -0.377 e. The highest BCUT2D eigenvalue weighted by molar-refractivity contribution is 9.13. The molecule has 1 unspecified atom stereocenters. The number of ether oxygens (including phenoxy) is 1. The van der Waals surface area contributed by atoms with Gasteiger partial charge in [0.15, 0.2) is 0 Å². The number of carbonyl (C=O) groups is 2. The summed E-state index contributed by atoms with van der Waals surface area (Å²) < 4.78 is 7.07. The van der Waals surface area contributed by atoms with Crippen molar-refractivity contribution in [3.8, 4) is 0 Å². The van der Waals surface area contributed by atoms with Crippen LogP contribution in [0.1, 0.15) is 23.0 Å². The molecule has 2 amide bonds. The molecule has 8 heteroatoms. The smallest absolute Gasteiger partial charge is 0.264 e. The van der Waals surface area contributed by atoms with E-state index < -0.39 is 6.04 Å². The van der Waals surface area contributed by atoms with Crippen LogP contribution in [0.25, 0.3) is 0 Å². The predicted molar refractivity (Wildman–Crippen MR) is 88.7 cm³/mol. The standard InChI is InChI=1S/C13H16Br2N2O3S/c1-2-3-16-12(18)9-7-20-5-4-17(9)13(19)10-6-8(14)11(15)21-10/h6,9H,2-5,7H2,1H3,(H,16,18). The molecule has 1 fully saturated rings. The number of amides is 2. The monoisotopic (exact) mass is 438 g/mol. The van der Waals surface area contributed by atoms with Crippen LogP contribution in [0, 0.1) is 0 Å². The van der Waals surface area contributed by atoms with E-state index in [1.54, 1.807) is 11.0 Å². The molecule has 0 saturated carbocycles. The summed E-state index contributed by atoms with van der Waals surface area (Å²) >= 11 is 8.11. The second-order valence-electron chi connectivity index (χ2n) is 4.61. The van der Waals surface area contributed by atoms with E-state index in [9.17, 15) is 9.59 Å². The Morgan fingerprint density at radius 1 is 1.52 bits per heavy atom. The second-order valence-corrected chi connectivity index (χ2v) is 7.84. The zero-order valence-corrected chi connectivity index (χ0v) is 15.5. The van der Waals surface area contributed by atoms with Crippen LogP contribution in [0.3, 0.4) is 0 Å². The van der Waals surface area contributed by atoms with Crippen LogP contribution in [0.15, 0.2) is 14.3 Å². The molecule has 21 heavy (non-hydrogen) atoms. The van der Waals surface area contributed by atoms with Gasteiger partial charge in [-0.25, -0.2) is 0 Å². The molecule has 0 bridgehead atoms. The quantitative estimate of drug-likeness (QED) is 0.784. The molecule has 5 nitrogen and oxygen atoms in total. The zero-order chi connectivity index (χ0) is 15.4. The van der Waals surface area contributed by atoms with Gasteiger partial charge in [0, 0.05) is 17.6 Å². The number of carbonyl (C=O) groups excluding carboxylic acids is 2. The molecule has 0 aromatic carbocycles. The minimum absolute atomic E-state index is 0.133. The molecule has 0 aliphatic carbocycles. The van der Waals surface area contributed by atoms with Crippen molar-refractivity contribution < 1.29 is 14.3 Å². The van der Waals surface area contributed by atoms with Crippen LogP contribution in [-0.2, 0) is 9.53 Å². The molecule has 1 aromatic rings. The fourth-order valence-electron chi connectivity index (χ4n) is 2.02. The Morgan fingerprint density at radius 2 is 2.29 bits per heavy atom. The van der Waals surface area contributed by atoms with Crippen LogP contribution >= 0.6 is 43.2 Å². The maximum atomic E-state index is 12.6. The van der Waals surface area contributed by atoms with Crippen molar-refractivity contribution in [3.05, 3.63) is 19.2 Å². The van der Waals surface area contributed by atoms with Gasteiger partial charge in [0.25, 0.3) is 5.91 Å². The van der Waals surface area contributed by atoms with E-state index in [4.69, 9.17) is 4.74 Å². The topological polar surface area (TPSA) is 58.6 Å². The van der Waals surface area contributed by atoms with Crippen molar-refractivity contribution in [1.29, 1.82) is 0 Å². The molecular weight excluding hydrogens is 424 g/mol. The third-order valence-electron chi connectivity index (χ3n) is 3.10. The number of morpholine rings is 1. The maximum Gasteiger partial charge on any atom is 0.264 e. The molecule has 1 N–H and O–H groups in total. The molecule has 1 saturated heterocycles. The number of halogens is 2. The van der Waals surface area contributed by atoms with E-state index in [1.165, 1.54) is 11.3 Å². The number of thiophene rings is 1. The lowest BCUT2D eigenvalue weighted by Gasteiger charge is -2.34. The van der Waals surface area contributed by atoms with Gasteiger partial charge in [-0.3, -0.25) is 9.59 Å². The largest absolute Gasteiger partial charge is 0.377 e. The number of nitrogens with one attached hydrogen (secondary N) is 1. The van der Waals surface area contributed by atoms with Crippen LogP contribution in [0.5, 0.6) is 0 Å². The molecule has 1 aliphatic heterocycles. The van der Waals surface area contributed by atoms with E-state index in [0.717, 1.165) is 14.7 Å². The molecule has 2 rings (SSSR count). The summed E-state index contributed by atoms with van der Waals surface area (Å²) in [6.07, 6.45) is 0.859. The SMILES string of the molecule is CCCNC(=O)C1COCCN1C(=O)c1cc(Br)c(Br)s1. The first kappa shape index (κ1) is 16.9. The Labute approximate surface area is 144 Å². The maximum absolute atomic E-state index is 12.6. The van der Waals surface area contributed by atoms with Crippen molar-refractivity contribution in [2.45, 2.75) is 19.4 Å². The van der Waals surface area contributed by atoms with Crippen molar-refractivity contribution >= 4 is 55.0 Å². The van der Waals surface area contributed by atoms with Crippen molar-refractivity contribution in [2.24, 2.45) is 0 Å². The molecular formula is C13H16Br2N2O3S. The molecule has 0 radical (unpaired) electrons. The van der Waals surface area contributed by atoms with Gasteiger partial charge in [0.1, 0.15) is 6.04 Å². The average Bonchev–Trinajstić information content (AvgIpc) is 2.83.